The molecule has 3 nitrogen and oxygen atoms in total. The maximum Gasteiger partial charge on any atom is 0.123 e. The molecule has 0 aromatic heterocycles. The molecule has 2 N–H and O–H groups in total. The Kier molecular flexibility index (Phi) is 3.23. The Labute approximate surface area is 94.2 Å². The van der Waals surface area contributed by atoms with Crippen molar-refractivity contribution < 1.29 is 14.2 Å². The molecule has 0 spiro atoms. The second-order valence-corrected chi connectivity index (χ2v) is 4.29. The van der Waals surface area contributed by atoms with Crippen molar-refractivity contribution in [3.63, 3.8) is 0 Å². The highest BCUT2D eigenvalue weighted by Crippen LogP contribution is 2.40. The van der Waals surface area contributed by atoms with Crippen LogP contribution in [0.3, 0.4) is 0 Å². The van der Waals surface area contributed by atoms with E-state index < -0.39 is 0 Å². The third kappa shape index (κ3) is 1.84. The highest BCUT2D eigenvalue weighted by Gasteiger charge is 2.45. The van der Waals surface area contributed by atoms with Crippen molar-refractivity contribution in [2.45, 2.75) is 6.04 Å². The van der Waals surface area contributed by atoms with Crippen molar-refractivity contribution >= 4 is 0 Å². The maximum absolute atomic E-state index is 13.2. The van der Waals surface area contributed by atoms with Gasteiger partial charge < -0.3 is 15.2 Å². The molecule has 0 bridgehead atoms. The molecule has 0 radical (unpaired) electrons. The fraction of sp³-hybridized carbons (Fsp3) is 0.500. The van der Waals surface area contributed by atoms with Gasteiger partial charge in [0.05, 0.1) is 25.2 Å². The summed E-state index contributed by atoms with van der Waals surface area (Å²) >= 11 is 0. The molecular weight excluding hydrogens is 209 g/mol. The van der Waals surface area contributed by atoms with Crippen LogP contribution in [0.25, 0.3) is 0 Å². The fourth-order valence-corrected chi connectivity index (χ4v) is 2.23. The van der Waals surface area contributed by atoms with E-state index >= 15 is 0 Å². The number of ether oxygens (including phenoxy) is 1. The highest BCUT2D eigenvalue weighted by atomic mass is 19.1. The summed E-state index contributed by atoms with van der Waals surface area (Å²) in [5.41, 5.74) is 0.530. The Hall–Kier alpha value is -0.970. The molecule has 0 saturated carbocycles. The van der Waals surface area contributed by atoms with Gasteiger partial charge in [0.2, 0.25) is 0 Å². The lowest BCUT2D eigenvalue weighted by Crippen LogP contribution is -2.53. The summed E-state index contributed by atoms with van der Waals surface area (Å²) in [7, 11) is 1.81. The Morgan fingerprint density at radius 1 is 1.56 bits per heavy atom. The zero-order valence-electron chi connectivity index (χ0n) is 9.24. The summed E-state index contributed by atoms with van der Waals surface area (Å²) in [4.78, 5) is 0. The van der Waals surface area contributed by atoms with Crippen LogP contribution in [0.5, 0.6) is 0 Å². The Morgan fingerprint density at radius 3 is 2.75 bits per heavy atom. The Balaban J connectivity index is 2.28. The van der Waals surface area contributed by atoms with Gasteiger partial charge in [-0.1, -0.05) is 12.1 Å². The van der Waals surface area contributed by atoms with Crippen LogP contribution in [0.15, 0.2) is 24.3 Å². The number of nitrogens with one attached hydrogen (secondary N) is 1. The van der Waals surface area contributed by atoms with Gasteiger partial charge in [0.25, 0.3) is 0 Å². The summed E-state index contributed by atoms with van der Waals surface area (Å²) < 4.78 is 18.3. The molecule has 1 aromatic rings. The van der Waals surface area contributed by atoms with Crippen molar-refractivity contribution in [1.82, 2.24) is 5.32 Å². The van der Waals surface area contributed by atoms with Gasteiger partial charge in [-0.3, -0.25) is 0 Å². The zero-order valence-corrected chi connectivity index (χ0v) is 9.24. The third-order valence-electron chi connectivity index (χ3n) is 3.18. The van der Waals surface area contributed by atoms with E-state index in [1.807, 2.05) is 13.1 Å². The number of halogens is 1. The number of hydrogen-bond acceptors (Lipinski definition) is 3. The van der Waals surface area contributed by atoms with Gasteiger partial charge in [0, 0.05) is 6.04 Å². The van der Waals surface area contributed by atoms with E-state index in [1.54, 1.807) is 6.07 Å². The molecule has 88 valence electrons. The molecule has 1 saturated heterocycles. The van der Waals surface area contributed by atoms with Crippen molar-refractivity contribution in [2.24, 2.45) is 5.41 Å². The molecule has 16 heavy (non-hydrogen) atoms. The minimum Gasteiger partial charge on any atom is -0.396 e. The van der Waals surface area contributed by atoms with E-state index in [2.05, 4.69) is 5.32 Å². The van der Waals surface area contributed by atoms with Gasteiger partial charge in [-0.25, -0.2) is 4.39 Å². The van der Waals surface area contributed by atoms with Gasteiger partial charge in [-0.15, -0.1) is 0 Å². The normalized spacial score (nSPS) is 20.2. The van der Waals surface area contributed by atoms with Gasteiger partial charge in [-0.2, -0.15) is 0 Å². The van der Waals surface area contributed by atoms with Crippen molar-refractivity contribution in [3.05, 3.63) is 35.6 Å². The molecule has 1 aliphatic rings. The SMILES string of the molecule is CNC(c1cccc(F)c1)C1(CO)COC1. The lowest BCUT2D eigenvalue weighted by Gasteiger charge is -2.46. The van der Waals surface area contributed by atoms with E-state index in [0.29, 0.717) is 13.2 Å². The average Bonchev–Trinajstić information content (AvgIpc) is 2.23. The first kappa shape index (κ1) is 11.5. The lowest BCUT2D eigenvalue weighted by molar-refractivity contribution is -0.155. The summed E-state index contributed by atoms with van der Waals surface area (Å²) in [6, 6.07) is 6.37. The largest absolute Gasteiger partial charge is 0.396 e. The highest BCUT2D eigenvalue weighted by molar-refractivity contribution is 5.23. The van der Waals surface area contributed by atoms with Crippen LogP contribution in [0, 0.1) is 11.2 Å². The summed E-state index contributed by atoms with van der Waals surface area (Å²) in [6.07, 6.45) is 0. The predicted octanol–water partition coefficient (Wildman–Crippen LogP) is 1.10. The molecule has 1 fully saturated rings. The molecule has 1 unspecified atom stereocenters. The monoisotopic (exact) mass is 225 g/mol. The second-order valence-electron chi connectivity index (χ2n) is 4.29. The van der Waals surface area contributed by atoms with E-state index in [4.69, 9.17) is 4.74 Å². The van der Waals surface area contributed by atoms with Gasteiger partial charge >= 0.3 is 0 Å². The first-order chi connectivity index (χ1) is 7.72. The van der Waals surface area contributed by atoms with Crippen LogP contribution in [0.1, 0.15) is 11.6 Å². The van der Waals surface area contributed by atoms with Crippen LogP contribution in [0.2, 0.25) is 0 Å². The Morgan fingerprint density at radius 2 is 2.31 bits per heavy atom. The molecule has 0 amide bonds. The summed E-state index contributed by atoms with van der Waals surface area (Å²) in [5, 5.41) is 12.6. The average molecular weight is 225 g/mol. The molecule has 0 aliphatic carbocycles. The molecule has 1 atom stereocenters. The minimum absolute atomic E-state index is 0.0367. The van der Waals surface area contributed by atoms with Crippen LogP contribution in [0.4, 0.5) is 4.39 Å². The van der Waals surface area contributed by atoms with Crippen molar-refractivity contribution in [1.29, 1.82) is 0 Å². The van der Waals surface area contributed by atoms with Gasteiger partial charge in [0.15, 0.2) is 0 Å². The molecule has 1 aromatic carbocycles. The molecule has 1 heterocycles. The molecule has 1 aliphatic heterocycles. The number of hydrogen-bond donors (Lipinski definition) is 2. The van der Waals surface area contributed by atoms with E-state index in [0.717, 1.165) is 5.56 Å². The van der Waals surface area contributed by atoms with Crippen LogP contribution in [-0.4, -0.2) is 32.0 Å². The first-order valence-electron chi connectivity index (χ1n) is 5.33. The third-order valence-corrected chi connectivity index (χ3v) is 3.18. The van der Waals surface area contributed by atoms with E-state index in [9.17, 15) is 9.50 Å². The lowest BCUT2D eigenvalue weighted by atomic mass is 9.76. The second kappa shape index (κ2) is 4.49. The number of benzene rings is 1. The Bertz CT molecular complexity index is 360. The van der Waals surface area contributed by atoms with E-state index in [-0.39, 0.29) is 23.9 Å². The van der Waals surface area contributed by atoms with Gasteiger partial charge in [0.1, 0.15) is 5.82 Å². The van der Waals surface area contributed by atoms with Crippen LogP contribution >= 0.6 is 0 Å². The summed E-state index contributed by atoms with van der Waals surface area (Å²) in [6.45, 7) is 1.05. The number of rotatable bonds is 4. The van der Waals surface area contributed by atoms with Crippen LogP contribution < -0.4 is 5.32 Å². The smallest absolute Gasteiger partial charge is 0.123 e. The molecule has 2 rings (SSSR count). The minimum atomic E-state index is -0.317. The number of aliphatic hydroxyl groups excluding tert-OH is 1. The van der Waals surface area contributed by atoms with E-state index in [1.165, 1.54) is 12.1 Å². The van der Waals surface area contributed by atoms with Crippen LogP contribution in [-0.2, 0) is 4.74 Å². The fourth-order valence-electron chi connectivity index (χ4n) is 2.23. The molecular formula is C12H16FNO2. The first-order valence-corrected chi connectivity index (χ1v) is 5.33. The van der Waals surface area contributed by atoms with Crippen molar-refractivity contribution in [3.8, 4) is 0 Å². The van der Waals surface area contributed by atoms with Crippen molar-refractivity contribution in [2.75, 3.05) is 26.9 Å². The standard InChI is InChI=1S/C12H16FNO2/c1-14-11(12(6-15)7-16-8-12)9-3-2-4-10(13)5-9/h2-5,11,14-15H,6-8H2,1H3. The molecule has 4 heteroatoms. The number of aliphatic hydroxyl groups is 1. The predicted molar refractivity (Wildman–Crippen MR) is 58.5 cm³/mol. The quantitative estimate of drug-likeness (QED) is 0.806. The van der Waals surface area contributed by atoms with Gasteiger partial charge in [-0.05, 0) is 24.7 Å². The maximum atomic E-state index is 13.2. The summed E-state index contributed by atoms with van der Waals surface area (Å²) in [5.74, 6) is -0.258. The topological polar surface area (TPSA) is 41.5 Å². The zero-order chi connectivity index (χ0) is 11.6.